The summed E-state index contributed by atoms with van der Waals surface area (Å²) in [6.07, 6.45) is 1.87. The number of H-pyrrole nitrogens is 1. The highest BCUT2D eigenvalue weighted by molar-refractivity contribution is 8.01. The summed E-state index contributed by atoms with van der Waals surface area (Å²) in [7, 11) is 0. The Morgan fingerprint density at radius 1 is 1.17 bits per heavy atom. The molecule has 0 fully saturated rings. The molecule has 2 aromatic heterocycles. The topological polar surface area (TPSA) is 57.8 Å². The standard InChI is InChI=1S/C17H13N3OS2/c21-16(19-13-6-3-5-12-11(13)8-9-18-12)10-22-17-20-14-4-1-2-7-15(14)23-17/h1-9,18H,10H2,(H,19,21). The van der Waals surface area contributed by atoms with Crippen molar-refractivity contribution in [2.75, 3.05) is 11.1 Å². The van der Waals surface area contributed by atoms with Crippen molar-refractivity contribution in [2.45, 2.75) is 4.34 Å². The van der Waals surface area contributed by atoms with E-state index < -0.39 is 0 Å². The van der Waals surface area contributed by atoms with Crippen LogP contribution in [0.4, 0.5) is 5.69 Å². The molecule has 2 aromatic carbocycles. The van der Waals surface area contributed by atoms with Crippen molar-refractivity contribution in [3.05, 3.63) is 54.7 Å². The summed E-state index contributed by atoms with van der Waals surface area (Å²) in [6.45, 7) is 0. The van der Waals surface area contributed by atoms with E-state index in [-0.39, 0.29) is 5.91 Å². The lowest BCUT2D eigenvalue weighted by Gasteiger charge is -2.05. The van der Waals surface area contributed by atoms with Gasteiger partial charge in [-0.15, -0.1) is 11.3 Å². The Hall–Kier alpha value is -2.31. The van der Waals surface area contributed by atoms with Crippen molar-refractivity contribution in [3.63, 3.8) is 0 Å². The molecule has 0 bridgehead atoms. The van der Waals surface area contributed by atoms with Crippen LogP contribution in [0.25, 0.3) is 21.1 Å². The van der Waals surface area contributed by atoms with E-state index in [1.54, 1.807) is 11.3 Å². The summed E-state index contributed by atoms with van der Waals surface area (Å²) >= 11 is 3.08. The van der Waals surface area contributed by atoms with Gasteiger partial charge in [0.2, 0.25) is 5.91 Å². The van der Waals surface area contributed by atoms with E-state index in [4.69, 9.17) is 0 Å². The highest BCUT2D eigenvalue weighted by atomic mass is 32.2. The largest absolute Gasteiger partial charge is 0.361 e. The minimum atomic E-state index is -0.0250. The number of anilines is 1. The molecule has 0 aliphatic rings. The van der Waals surface area contributed by atoms with Crippen molar-refractivity contribution >= 4 is 55.8 Å². The monoisotopic (exact) mass is 339 g/mol. The third kappa shape index (κ3) is 2.95. The molecular formula is C17H13N3OS2. The zero-order valence-electron chi connectivity index (χ0n) is 12.1. The number of rotatable bonds is 4. The molecule has 2 N–H and O–H groups in total. The molecule has 6 heteroatoms. The van der Waals surface area contributed by atoms with E-state index in [1.165, 1.54) is 11.8 Å². The number of para-hydroxylation sites is 1. The van der Waals surface area contributed by atoms with Crippen LogP contribution in [-0.2, 0) is 4.79 Å². The van der Waals surface area contributed by atoms with Crippen LogP contribution in [0.3, 0.4) is 0 Å². The molecule has 4 aromatic rings. The third-order valence-electron chi connectivity index (χ3n) is 3.47. The maximum Gasteiger partial charge on any atom is 0.234 e. The first-order valence-electron chi connectivity index (χ1n) is 7.14. The number of hydrogen-bond donors (Lipinski definition) is 2. The average molecular weight is 339 g/mol. The molecule has 0 aliphatic heterocycles. The Balaban J connectivity index is 1.45. The number of aromatic nitrogens is 2. The fourth-order valence-corrected chi connectivity index (χ4v) is 4.29. The Morgan fingerprint density at radius 3 is 3.00 bits per heavy atom. The van der Waals surface area contributed by atoms with Crippen molar-refractivity contribution in [1.29, 1.82) is 0 Å². The number of thiazole rings is 1. The number of carbonyl (C=O) groups excluding carboxylic acids is 1. The molecule has 0 saturated carbocycles. The maximum absolute atomic E-state index is 12.2. The zero-order chi connectivity index (χ0) is 15.6. The van der Waals surface area contributed by atoms with Crippen LogP contribution >= 0.6 is 23.1 Å². The molecule has 4 nitrogen and oxygen atoms in total. The van der Waals surface area contributed by atoms with Gasteiger partial charge >= 0.3 is 0 Å². The number of nitrogens with zero attached hydrogens (tertiary/aromatic N) is 1. The second kappa shape index (κ2) is 6.06. The summed E-state index contributed by atoms with van der Waals surface area (Å²) in [5.74, 6) is 0.323. The van der Waals surface area contributed by atoms with E-state index in [1.807, 2.05) is 54.7 Å². The van der Waals surface area contributed by atoms with Crippen molar-refractivity contribution < 1.29 is 4.79 Å². The molecule has 0 saturated heterocycles. The molecule has 0 unspecified atom stereocenters. The van der Waals surface area contributed by atoms with Crippen LogP contribution in [0.15, 0.2) is 59.1 Å². The minimum absolute atomic E-state index is 0.0250. The number of nitrogens with one attached hydrogen (secondary N) is 2. The predicted octanol–water partition coefficient (Wildman–Crippen LogP) is 4.51. The average Bonchev–Trinajstić information content (AvgIpc) is 3.19. The maximum atomic E-state index is 12.2. The fourth-order valence-electron chi connectivity index (χ4n) is 2.42. The predicted molar refractivity (Wildman–Crippen MR) is 97.3 cm³/mol. The molecule has 0 aliphatic carbocycles. The summed E-state index contributed by atoms with van der Waals surface area (Å²) in [4.78, 5) is 19.9. The van der Waals surface area contributed by atoms with Gasteiger partial charge < -0.3 is 10.3 Å². The van der Waals surface area contributed by atoms with Gasteiger partial charge in [0.25, 0.3) is 0 Å². The van der Waals surface area contributed by atoms with Crippen LogP contribution in [0.1, 0.15) is 0 Å². The van der Waals surface area contributed by atoms with Crippen LogP contribution in [0.2, 0.25) is 0 Å². The molecule has 114 valence electrons. The quantitative estimate of drug-likeness (QED) is 0.538. The molecule has 0 radical (unpaired) electrons. The van der Waals surface area contributed by atoms with Gasteiger partial charge in [-0.05, 0) is 30.3 Å². The Bertz CT molecular complexity index is 957. The fraction of sp³-hybridized carbons (Fsp3) is 0.0588. The minimum Gasteiger partial charge on any atom is -0.361 e. The first kappa shape index (κ1) is 14.3. The van der Waals surface area contributed by atoms with E-state index in [2.05, 4.69) is 15.3 Å². The number of amides is 1. The van der Waals surface area contributed by atoms with Crippen molar-refractivity contribution in [1.82, 2.24) is 9.97 Å². The molecule has 1 amide bonds. The van der Waals surface area contributed by atoms with Crippen molar-refractivity contribution in [3.8, 4) is 0 Å². The van der Waals surface area contributed by atoms with E-state index in [9.17, 15) is 4.79 Å². The molecule has 23 heavy (non-hydrogen) atoms. The van der Waals surface area contributed by atoms with Crippen LogP contribution in [0, 0.1) is 0 Å². The van der Waals surface area contributed by atoms with Crippen LogP contribution in [-0.4, -0.2) is 21.6 Å². The SMILES string of the molecule is O=C(CSc1nc2ccccc2s1)Nc1cccc2[nH]ccc12. The number of benzene rings is 2. The van der Waals surface area contributed by atoms with Crippen LogP contribution < -0.4 is 5.32 Å². The lowest BCUT2D eigenvalue weighted by atomic mass is 10.2. The highest BCUT2D eigenvalue weighted by Gasteiger charge is 2.09. The molecule has 0 atom stereocenters. The first-order valence-corrected chi connectivity index (χ1v) is 8.94. The van der Waals surface area contributed by atoms with Crippen LogP contribution in [0.5, 0.6) is 0 Å². The van der Waals surface area contributed by atoms with E-state index in [0.29, 0.717) is 5.75 Å². The second-order valence-corrected chi connectivity index (χ2v) is 7.28. The number of thioether (sulfide) groups is 1. The van der Waals surface area contributed by atoms with E-state index in [0.717, 1.165) is 31.1 Å². The van der Waals surface area contributed by atoms with E-state index >= 15 is 0 Å². The number of hydrogen-bond acceptors (Lipinski definition) is 4. The van der Waals surface area contributed by atoms with Gasteiger partial charge in [0.1, 0.15) is 0 Å². The second-order valence-electron chi connectivity index (χ2n) is 5.03. The van der Waals surface area contributed by atoms with Gasteiger partial charge in [-0.25, -0.2) is 4.98 Å². The van der Waals surface area contributed by atoms with Gasteiger partial charge in [0.15, 0.2) is 4.34 Å². The summed E-state index contributed by atoms with van der Waals surface area (Å²) in [6, 6.07) is 15.8. The van der Waals surface area contributed by atoms with Gasteiger partial charge in [-0.1, -0.05) is 30.0 Å². The van der Waals surface area contributed by atoms with Crippen molar-refractivity contribution in [2.24, 2.45) is 0 Å². The molecule has 4 rings (SSSR count). The molecule has 0 spiro atoms. The summed E-state index contributed by atoms with van der Waals surface area (Å²) in [5.41, 5.74) is 2.83. The number of fused-ring (bicyclic) bond motifs is 2. The Kier molecular flexibility index (Phi) is 3.77. The highest BCUT2D eigenvalue weighted by Crippen LogP contribution is 2.29. The first-order chi connectivity index (χ1) is 11.3. The van der Waals surface area contributed by atoms with Gasteiger partial charge in [0.05, 0.1) is 21.7 Å². The Morgan fingerprint density at radius 2 is 2.09 bits per heavy atom. The third-order valence-corrected chi connectivity index (χ3v) is 5.65. The number of aromatic amines is 1. The number of carbonyl (C=O) groups is 1. The summed E-state index contributed by atoms with van der Waals surface area (Å²) < 4.78 is 2.06. The molecular weight excluding hydrogens is 326 g/mol. The van der Waals surface area contributed by atoms with Gasteiger partial charge in [-0.2, -0.15) is 0 Å². The summed E-state index contributed by atoms with van der Waals surface area (Å²) in [5, 5.41) is 3.99. The van der Waals surface area contributed by atoms with Gasteiger partial charge in [0, 0.05) is 17.1 Å². The lowest BCUT2D eigenvalue weighted by Crippen LogP contribution is -2.14. The Labute approximate surface area is 140 Å². The molecule has 2 heterocycles. The lowest BCUT2D eigenvalue weighted by molar-refractivity contribution is -0.113. The zero-order valence-corrected chi connectivity index (χ0v) is 13.7. The normalized spacial score (nSPS) is 11.1. The smallest absolute Gasteiger partial charge is 0.234 e. The van der Waals surface area contributed by atoms with Gasteiger partial charge in [-0.3, -0.25) is 4.79 Å².